The normalized spacial score (nSPS) is 9.82. The minimum atomic E-state index is -0.855. The lowest BCUT2D eigenvalue weighted by molar-refractivity contribution is -0.135. The van der Waals surface area contributed by atoms with Crippen molar-refractivity contribution in [3.63, 3.8) is 0 Å². The lowest BCUT2D eigenvalue weighted by atomic mass is 10.2. The van der Waals surface area contributed by atoms with E-state index < -0.39 is 5.97 Å². The fourth-order valence-electron chi connectivity index (χ4n) is 1.39. The van der Waals surface area contributed by atoms with E-state index in [0.717, 1.165) is 11.3 Å². The molecule has 92 valence electrons. The highest BCUT2D eigenvalue weighted by Gasteiger charge is 2.09. The van der Waals surface area contributed by atoms with Crippen molar-refractivity contribution in [2.75, 3.05) is 18.0 Å². The van der Waals surface area contributed by atoms with E-state index in [2.05, 4.69) is 0 Å². The van der Waals surface area contributed by atoms with Crippen LogP contribution >= 0.6 is 11.6 Å². The molecule has 0 aromatic heterocycles. The molecule has 0 amide bonds. The van der Waals surface area contributed by atoms with Gasteiger partial charge in [0.1, 0.15) is 6.54 Å². The van der Waals surface area contributed by atoms with Gasteiger partial charge in [-0.15, -0.1) is 0 Å². The Morgan fingerprint density at radius 3 is 2.71 bits per heavy atom. The summed E-state index contributed by atoms with van der Waals surface area (Å²) in [6.07, 6.45) is 1.99. The van der Waals surface area contributed by atoms with Crippen LogP contribution in [-0.2, 0) is 4.79 Å². The van der Waals surface area contributed by atoms with Crippen LogP contribution in [0.5, 0.6) is 0 Å². The molecule has 0 radical (unpaired) electrons. The second-order valence-corrected chi connectivity index (χ2v) is 4.47. The van der Waals surface area contributed by atoms with Crippen LogP contribution in [0, 0.1) is 0 Å². The van der Waals surface area contributed by atoms with Gasteiger partial charge in [0.05, 0.1) is 0 Å². The van der Waals surface area contributed by atoms with Crippen molar-refractivity contribution in [3.05, 3.63) is 40.9 Å². The van der Waals surface area contributed by atoms with E-state index in [-0.39, 0.29) is 6.54 Å². The molecule has 0 saturated carbocycles. The second-order valence-electron chi connectivity index (χ2n) is 4.04. The van der Waals surface area contributed by atoms with E-state index in [9.17, 15) is 4.79 Å². The summed E-state index contributed by atoms with van der Waals surface area (Å²) in [5.74, 6) is -0.855. The van der Waals surface area contributed by atoms with E-state index in [1.807, 2.05) is 32.1 Å². The fraction of sp³-hybridized carbons (Fsp3) is 0.308. The first-order valence-corrected chi connectivity index (χ1v) is 5.72. The average Bonchev–Trinajstić information content (AvgIpc) is 2.23. The zero-order chi connectivity index (χ0) is 12.8. The number of carbonyl (C=O) groups is 1. The highest BCUT2D eigenvalue weighted by molar-refractivity contribution is 6.30. The molecule has 1 rings (SSSR count). The number of nitrogens with zero attached hydrogens (tertiary/aromatic N) is 1. The van der Waals surface area contributed by atoms with Gasteiger partial charge in [0.2, 0.25) is 0 Å². The molecule has 0 heterocycles. The molecule has 1 aromatic carbocycles. The van der Waals surface area contributed by atoms with E-state index in [4.69, 9.17) is 16.7 Å². The molecule has 0 aliphatic rings. The molecule has 0 unspecified atom stereocenters. The summed E-state index contributed by atoms with van der Waals surface area (Å²) in [5.41, 5.74) is 1.97. The summed E-state index contributed by atoms with van der Waals surface area (Å²) >= 11 is 5.90. The quantitative estimate of drug-likeness (QED) is 0.820. The van der Waals surface area contributed by atoms with Crippen molar-refractivity contribution in [2.24, 2.45) is 0 Å². The SMILES string of the molecule is CC(C)=CCN(CC(=O)O)c1cccc(Cl)c1. The molecule has 0 aliphatic carbocycles. The van der Waals surface area contributed by atoms with E-state index in [1.165, 1.54) is 0 Å². The van der Waals surface area contributed by atoms with Gasteiger partial charge in [-0.25, -0.2) is 0 Å². The Morgan fingerprint density at radius 2 is 2.18 bits per heavy atom. The molecule has 17 heavy (non-hydrogen) atoms. The molecule has 4 heteroatoms. The third-order valence-electron chi connectivity index (χ3n) is 2.22. The van der Waals surface area contributed by atoms with Crippen LogP contribution in [-0.4, -0.2) is 24.2 Å². The highest BCUT2D eigenvalue weighted by Crippen LogP contribution is 2.19. The van der Waals surface area contributed by atoms with E-state index in [1.54, 1.807) is 17.0 Å². The van der Waals surface area contributed by atoms with Crippen molar-refractivity contribution in [1.29, 1.82) is 0 Å². The number of halogens is 1. The maximum Gasteiger partial charge on any atom is 0.323 e. The smallest absolute Gasteiger partial charge is 0.323 e. The Balaban J connectivity index is 2.89. The number of hydrogen-bond donors (Lipinski definition) is 1. The molecule has 0 saturated heterocycles. The molecule has 1 aromatic rings. The van der Waals surface area contributed by atoms with E-state index in [0.29, 0.717) is 11.6 Å². The van der Waals surface area contributed by atoms with E-state index >= 15 is 0 Å². The third-order valence-corrected chi connectivity index (χ3v) is 2.45. The fourth-order valence-corrected chi connectivity index (χ4v) is 1.57. The van der Waals surface area contributed by atoms with Gasteiger partial charge < -0.3 is 10.0 Å². The number of carboxylic acid groups (broad SMARTS) is 1. The summed E-state index contributed by atoms with van der Waals surface area (Å²) in [7, 11) is 0. The van der Waals surface area contributed by atoms with Crippen LogP contribution in [0.2, 0.25) is 5.02 Å². The van der Waals surface area contributed by atoms with Crippen molar-refractivity contribution in [1.82, 2.24) is 0 Å². The first-order valence-electron chi connectivity index (χ1n) is 5.34. The summed E-state index contributed by atoms with van der Waals surface area (Å²) in [5, 5.41) is 9.49. The Kier molecular flexibility index (Phi) is 5.04. The number of allylic oxidation sites excluding steroid dienone is 1. The van der Waals surface area contributed by atoms with Gasteiger partial charge in [-0.3, -0.25) is 4.79 Å². The number of carboxylic acids is 1. The molecular weight excluding hydrogens is 238 g/mol. The van der Waals surface area contributed by atoms with Crippen LogP contribution in [0.1, 0.15) is 13.8 Å². The van der Waals surface area contributed by atoms with Gasteiger partial charge in [-0.05, 0) is 32.0 Å². The summed E-state index contributed by atoms with van der Waals surface area (Å²) in [6.45, 7) is 4.49. The lowest BCUT2D eigenvalue weighted by Gasteiger charge is -2.21. The van der Waals surface area contributed by atoms with Crippen LogP contribution in [0.25, 0.3) is 0 Å². The van der Waals surface area contributed by atoms with Crippen molar-refractivity contribution in [3.8, 4) is 0 Å². The lowest BCUT2D eigenvalue weighted by Crippen LogP contribution is -2.29. The molecule has 0 spiro atoms. The number of rotatable bonds is 5. The van der Waals surface area contributed by atoms with Crippen LogP contribution in [0.15, 0.2) is 35.9 Å². The molecule has 0 bridgehead atoms. The van der Waals surface area contributed by atoms with Gasteiger partial charge in [0.25, 0.3) is 0 Å². The first-order chi connectivity index (χ1) is 7.99. The summed E-state index contributed by atoms with van der Waals surface area (Å²) < 4.78 is 0. The predicted molar refractivity (Wildman–Crippen MR) is 70.7 cm³/mol. The van der Waals surface area contributed by atoms with Gasteiger partial charge in [0.15, 0.2) is 0 Å². The standard InChI is InChI=1S/C13H16ClNO2/c1-10(2)6-7-15(9-13(16)17)12-5-3-4-11(14)8-12/h3-6,8H,7,9H2,1-2H3,(H,16,17). The van der Waals surface area contributed by atoms with Crippen molar-refractivity contribution < 1.29 is 9.90 Å². The Labute approximate surface area is 106 Å². The number of aliphatic carboxylic acids is 1. The van der Waals surface area contributed by atoms with Crippen molar-refractivity contribution in [2.45, 2.75) is 13.8 Å². The molecule has 0 fully saturated rings. The average molecular weight is 254 g/mol. The van der Waals surface area contributed by atoms with Gasteiger partial charge in [-0.2, -0.15) is 0 Å². The third kappa shape index (κ3) is 4.91. The largest absolute Gasteiger partial charge is 0.480 e. The van der Waals surface area contributed by atoms with Gasteiger partial charge >= 0.3 is 5.97 Å². The van der Waals surface area contributed by atoms with Gasteiger partial charge in [0, 0.05) is 17.3 Å². The highest BCUT2D eigenvalue weighted by atomic mass is 35.5. The molecule has 3 nitrogen and oxygen atoms in total. The Hall–Kier alpha value is -1.48. The monoisotopic (exact) mass is 253 g/mol. The minimum Gasteiger partial charge on any atom is -0.480 e. The maximum absolute atomic E-state index is 10.8. The summed E-state index contributed by atoms with van der Waals surface area (Å²) in [6, 6.07) is 7.21. The van der Waals surface area contributed by atoms with Crippen LogP contribution < -0.4 is 4.90 Å². The topological polar surface area (TPSA) is 40.5 Å². The van der Waals surface area contributed by atoms with Crippen LogP contribution in [0.4, 0.5) is 5.69 Å². The Bertz CT molecular complexity index is 425. The van der Waals surface area contributed by atoms with Crippen molar-refractivity contribution >= 4 is 23.3 Å². The first kappa shape index (κ1) is 13.6. The Morgan fingerprint density at radius 1 is 1.47 bits per heavy atom. The number of benzene rings is 1. The number of anilines is 1. The molecular formula is C13H16ClNO2. The molecule has 0 atom stereocenters. The second kappa shape index (κ2) is 6.30. The zero-order valence-electron chi connectivity index (χ0n) is 9.98. The predicted octanol–water partition coefficient (Wildman–Crippen LogP) is 3.20. The van der Waals surface area contributed by atoms with Gasteiger partial charge in [-0.1, -0.05) is 29.3 Å². The van der Waals surface area contributed by atoms with Crippen LogP contribution in [0.3, 0.4) is 0 Å². The number of hydrogen-bond acceptors (Lipinski definition) is 2. The molecule has 1 N–H and O–H groups in total. The maximum atomic E-state index is 10.8. The summed E-state index contributed by atoms with van der Waals surface area (Å²) in [4.78, 5) is 12.6. The zero-order valence-corrected chi connectivity index (χ0v) is 10.7. The minimum absolute atomic E-state index is 0.0376. The molecule has 0 aliphatic heterocycles.